The molecule has 0 saturated heterocycles. The molecule has 5 aromatic rings. The Labute approximate surface area is 281 Å². The third kappa shape index (κ3) is 5.31. The topological polar surface area (TPSA) is 37.7 Å². The molecule has 0 N–H and O–H groups in total. The number of para-hydroxylation sites is 1. The van der Waals surface area contributed by atoms with Gasteiger partial charge in [0.2, 0.25) is 0 Å². The average molecular weight is 622 g/mol. The quantitative estimate of drug-likeness (QED) is 0.183. The van der Waals surface area contributed by atoms with Gasteiger partial charge in [0.15, 0.2) is 11.6 Å². The van der Waals surface area contributed by atoms with Crippen LogP contribution < -0.4 is 4.84 Å². The molecular weight excluding hydrogens is 587 g/mol. The van der Waals surface area contributed by atoms with E-state index in [1.807, 2.05) is 48.9 Å². The largest absolute Gasteiger partial charge is 0.373 e. The smallest absolute Gasteiger partial charge is 0.169 e. The standard InChI is InChI=1S/C44H35N3O/c1-5-30(10-15-37-27-44(3,4)41-26-36(16-18-40(37)41)31-20-22-45-23-21-31)32-11-12-34-25-35(14-13-33(34)24-32)38-17-19-43-46-29(2)39-8-6-7-9-42(39)48-47(43)28-38/h5-28H,2H2,1,3-4H3/b15-10-,30-5+. The van der Waals surface area contributed by atoms with Crippen LogP contribution in [0.1, 0.15) is 48.6 Å². The van der Waals surface area contributed by atoms with E-state index in [4.69, 9.17) is 9.83 Å². The minimum atomic E-state index is -0.0510. The SMILES string of the molecule is C=C1N=C2C=CC(c3ccc4cc(C(/C=C\C5=CC(C)(C)c6cc(-c7ccncc7)ccc65)=C/C)ccc4c3)=CN2Oc2ccccc21. The lowest BCUT2D eigenvalue weighted by atomic mass is 9.85. The molecule has 232 valence electrons. The fraction of sp³-hybridized carbons (Fsp3) is 0.0909. The highest BCUT2D eigenvalue weighted by molar-refractivity contribution is 6.03. The molecule has 0 amide bonds. The summed E-state index contributed by atoms with van der Waals surface area (Å²) in [6.45, 7) is 10.8. The van der Waals surface area contributed by atoms with Crippen LogP contribution in [0, 0.1) is 0 Å². The van der Waals surface area contributed by atoms with Gasteiger partial charge in [-0.25, -0.2) is 4.99 Å². The molecule has 0 radical (unpaired) electrons. The number of pyridine rings is 1. The fourth-order valence-corrected chi connectivity index (χ4v) is 6.77. The predicted octanol–water partition coefficient (Wildman–Crippen LogP) is 10.8. The first-order valence-corrected chi connectivity index (χ1v) is 16.3. The maximum atomic E-state index is 6.23. The molecule has 3 aliphatic rings. The minimum absolute atomic E-state index is 0.0510. The van der Waals surface area contributed by atoms with Gasteiger partial charge in [-0.15, -0.1) is 0 Å². The number of rotatable bonds is 5. The van der Waals surface area contributed by atoms with Crippen molar-refractivity contribution in [1.82, 2.24) is 10.0 Å². The van der Waals surface area contributed by atoms with Crippen LogP contribution in [0.2, 0.25) is 0 Å². The minimum Gasteiger partial charge on any atom is -0.373 e. The van der Waals surface area contributed by atoms with E-state index in [1.54, 1.807) is 5.06 Å². The van der Waals surface area contributed by atoms with Gasteiger partial charge in [0.05, 0.1) is 11.9 Å². The van der Waals surface area contributed by atoms with Crippen LogP contribution in [0.5, 0.6) is 5.75 Å². The number of nitrogens with zero attached hydrogens (tertiary/aromatic N) is 3. The summed E-state index contributed by atoms with van der Waals surface area (Å²) in [5.74, 6) is 1.44. The van der Waals surface area contributed by atoms with E-state index >= 15 is 0 Å². The van der Waals surface area contributed by atoms with Crippen LogP contribution in [0.4, 0.5) is 0 Å². The molecule has 0 unspecified atom stereocenters. The number of aliphatic imine (C=N–C) groups is 1. The van der Waals surface area contributed by atoms with Gasteiger partial charge in [-0.05, 0) is 117 Å². The van der Waals surface area contributed by atoms with Crippen LogP contribution in [0.15, 0.2) is 158 Å². The second-order valence-electron chi connectivity index (χ2n) is 12.9. The number of hydroxylamine groups is 2. The van der Waals surface area contributed by atoms with Crippen molar-refractivity contribution < 1.29 is 4.84 Å². The lowest BCUT2D eigenvalue weighted by Gasteiger charge is -2.23. The molecule has 2 aliphatic heterocycles. The molecule has 0 bridgehead atoms. The predicted molar refractivity (Wildman–Crippen MR) is 200 cm³/mol. The Balaban J connectivity index is 1.04. The number of aromatic nitrogens is 1. The molecule has 4 heteroatoms. The van der Waals surface area contributed by atoms with Gasteiger partial charge in [-0.1, -0.05) is 93.3 Å². The van der Waals surface area contributed by atoms with E-state index in [0.29, 0.717) is 11.5 Å². The monoisotopic (exact) mass is 621 g/mol. The molecule has 0 saturated carbocycles. The Morgan fingerprint density at radius 1 is 0.812 bits per heavy atom. The van der Waals surface area contributed by atoms with Crippen LogP contribution in [0.3, 0.4) is 0 Å². The van der Waals surface area contributed by atoms with Crippen LogP contribution in [0.25, 0.3) is 44.3 Å². The molecule has 48 heavy (non-hydrogen) atoms. The molecule has 3 heterocycles. The third-order valence-corrected chi connectivity index (χ3v) is 9.35. The number of hydrogen-bond donors (Lipinski definition) is 0. The van der Waals surface area contributed by atoms with Crippen molar-refractivity contribution >= 4 is 39.0 Å². The summed E-state index contributed by atoms with van der Waals surface area (Å²) >= 11 is 0. The number of allylic oxidation sites excluding steroid dienone is 8. The number of benzene rings is 4. The van der Waals surface area contributed by atoms with E-state index in [9.17, 15) is 0 Å². The number of amidine groups is 1. The van der Waals surface area contributed by atoms with Gasteiger partial charge < -0.3 is 4.84 Å². The van der Waals surface area contributed by atoms with E-state index in [-0.39, 0.29) is 5.41 Å². The Kier molecular flexibility index (Phi) is 7.14. The molecule has 0 atom stereocenters. The second-order valence-corrected chi connectivity index (χ2v) is 12.9. The Hall–Kier alpha value is -6.00. The summed E-state index contributed by atoms with van der Waals surface area (Å²) in [5, 5.41) is 4.10. The Morgan fingerprint density at radius 3 is 2.46 bits per heavy atom. The van der Waals surface area contributed by atoms with Crippen molar-refractivity contribution in [2.75, 3.05) is 0 Å². The molecule has 8 rings (SSSR count). The normalized spacial score (nSPS) is 16.5. The summed E-state index contributed by atoms with van der Waals surface area (Å²) in [7, 11) is 0. The molecule has 0 fully saturated rings. The zero-order valence-corrected chi connectivity index (χ0v) is 27.3. The van der Waals surface area contributed by atoms with Crippen molar-refractivity contribution in [3.63, 3.8) is 0 Å². The molecule has 1 aromatic heterocycles. The fourth-order valence-electron chi connectivity index (χ4n) is 6.77. The van der Waals surface area contributed by atoms with Gasteiger partial charge in [-0.2, -0.15) is 5.06 Å². The van der Waals surface area contributed by atoms with Crippen LogP contribution >= 0.6 is 0 Å². The lowest BCUT2D eigenvalue weighted by molar-refractivity contribution is 0.0742. The highest BCUT2D eigenvalue weighted by atomic mass is 16.7. The molecule has 0 spiro atoms. The zero-order chi connectivity index (χ0) is 32.8. The maximum Gasteiger partial charge on any atom is 0.169 e. The van der Waals surface area contributed by atoms with Gasteiger partial charge in [-0.3, -0.25) is 4.98 Å². The van der Waals surface area contributed by atoms with E-state index in [0.717, 1.165) is 22.4 Å². The molecule has 1 aliphatic carbocycles. The second kappa shape index (κ2) is 11.7. The molecule has 4 nitrogen and oxygen atoms in total. The van der Waals surface area contributed by atoms with Crippen molar-refractivity contribution in [2.45, 2.75) is 26.2 Å². The highest BCUT2D eigenvalue weighted by Gasteiger charge is 2.29. The van der Waals surface area contributed by atoms with Crippen LogP contribution in [-0.2, 0) is 5.41 Å². The van der Waals surface area contributed by atoms with E-state index in [2.05, 4.69) is 129 Å². The van der Waals surface area contributed by atoms with Gasteiger partial charge in [0.1, 0.15) is 0 Å². The first-order valence-electron chi connectivity index (χ1n) is 16.3. The Morgan fingerprint density at radius 2 is 1.60 bits per heavy atom. The number of hydrogen-bond acceptors (Lipinski definition) is 4. The van der Waals surface area contributed by atoms with Crippen LogP contribution in [-0.4, -0.2) is 15.9 Å². The first-order chi connectivity index (χ1) is 23.4. The van der Waals surface area contributed by atoms with Gasteiger partial charge in [0, 0.05) is 28.9 Å². The van der Waals surface area contributed by atoms with E-state index in [1.165, 1.54) is 49.7 Å². The average Bonchev–Trinajstić information content (AvgIpc) is 3.28. The van der Waals surface area contributed by atoms with Crippen molar-refractivity contribution in [3.8, 4) is 16.9 Å². The van der Waals surface area contributed by atoms with Crippen molar-refractivity contribution in [3.05, 3.63) is 180 Å². The molecular formula is C44H35N3O. The molecule has 4 aromatic carbocycles. The lowest BCUT2D eigenvalue weighted by Crippen LogP contribution is -2.29. The number of fused-ring (bicyclic) bond motifs is 4. The van der Waals surface area contributed by atoms with Gasteiger partial charge in [0.25, 0.3) is 0 Å². The van der Waals surface area contributed by atoms with Gasteiger partial charge >= 0.3 is 0 Å². The summed E-state index contributed by atoms with van der Waals surface area (Å²) < 4.78 is 0. The third-order valence-electron chi connectivity index (χ3n) is 9.35. The van der Waals surface area contributed by atoms with Crippen molar-refractivity contribution in [2.24, 2.45) is 4.99 Å². The summed E-state index contributed by atoms with van der Waals surface area (Å²) in [6, 6.07) is 32.1. The summed E-state index contributed by atoms with van der Waals surface area (Å²) in [5.41, 5.74) is 12.4. The Bertz CT molecular complexity index is 2310. The first kappa shape index (κ1) is 29.4. The highest BCUT2D eigenvalue weighted by Crippen LogP contribution is 2.43. The van der Waals surface area contributed by atoms with Crippen molar-refractivity contribution in [1.29, 1.82) is 0 Å². The zero-order valence-electron chi connectivity index (χ0n) is 27.3. The summed E-state index contributed by atoms with van der Waals surface area (Å²) in [4.78, 5) is 15.1. The maximum absolute atomic E-state index is 6.23. The van der Waals surface area contributed by atoms with E-state index < -0.39 is 0 Å². The summed E-state index contributed by atoms with van der Waals surface area (Å²) in [6.07, 6.45) is 18.8.